The van der Waals surface area contributed by atoms with Crippen LogP contribution in [-0.2, 0) is 12.6 Å². The van der Waals surface area contributed by atoms with E-state index < -0.39 is 17.6 Å². The molecule has 0 spiro atoms. The van der Waals surface area contributed by atoms with Crippen LogP contribution in [0.2, 0.25) is 0 Å². The summed E-state index contributed by atoms with van der Waals surface area (Å²) in [4.78, 5) is 12.4. The van der Waals surface area contributed by atoms with Crippen LogP contribution in [0.1, 0.15) is 46.3 Å². The number of carbonyl (C=O) groups is 1. The van der Waals surface area contributed by atoms with E-state index >= 15 is 0 Å². The highest BCUT2D eigenvalue weighted by Crippen LogP contribution is 2.37. The fourth-order valence-electron chi connectivity index (χ4n) is 3.10. The molecule has 23 heavy (non-hydrogen) atoms. The Hall–Kier alpha value is -2.30. The van der Waals surface area contributed by atoms with Crippen molar-refractivity contribution < 1.29 is 18.0 Å². The Bertz CT molecular complexity index is 752. The van der Waals surface area contributed by atoms with Gasteiger partial charge < -0.3 is 5.32 Å². The summed E-state index contributed by atoms with van der Waals surface area (Å²) in [6, 6.07) is 10.4. The average Bonchev–Trinajstić information content (AvgIpc) is 2.89. The Morgan fingerprint density at radius 2 is 1.87 bits per heavy atom. The van der Waals surface area contributed by atoms with Crippen LogP contribution in [0.3, 0.4) is 0 Å². The molecule has 0 aliphatic heterocycles. The summed E-state index contributed by atoms with van der Waals surface area (Å²) in [5, 5.41) is 2.65. The fourth-order valence-corrected chi connectivity index (χ4v) is 3.10. The topological polar surface area (TPSA) is 29.1 Å². The molecule has 2 aromatic carbocycles. The zero-order chi connectivity index (χ0) is 16.6. The van der Waals surface area contributed by atoms with Gasteiger partial charge in [0.25, 0.3) is 5.91 Å². The molecule has 0 aromatic heterocycles. The quantitative estimate of drug-likeness (QED) is 0.828. The van der Waals surface area contributed by atoms with E-state index in [1.54, 1.807) is 6.07 Å². The minimum absolute atomic E-state index is 0.358. The SMILES string of the molecule is CC1CCc2c(NC(=O)c3ccccc3C(F)(F)F)cccc21. The lowest BCUT2D eigenvalue weighted by Gasteiger charge is -2.14. The Balaban J connectivity index is 1.93. The first-order valence-corrected chi connectivity index (χ1v) is 7.47. The second-order valence-corrected chi connectivity index (χ2v) is 5.81. The van der Waals surface area contributed by atoms with Crippen molar-refractivity contribution in [2.45, 2.75) is 31.9 Å². The number of alkyl halides is 3. The highest BCUT2D eigenvalue weighted by molar-refractivity contribution is 6.06. The molecule has 1 N–H and O–H groups in total. The Morgan fingerprint density at radius 1 is 1.13 bits per heavy atom. The third-order valence-electron chi connectivity index (χ3n) is 4.30. The Morgan fingerprint density at radius 3 is 2.61 bits per heavy atom. The lowest BCUT2D eigenvalue weighted by atomic mass is 10.0. The predicted octanol–water partition coefficient (Wildman–Crippen LogP) is 5.01. The largest absolute Gasteiger partial charge is 0.417 e. The van der Waals surface area contributed by atoms with Gasteiger partial charge in [-0.05, 0) is 48.1 Å². The molecule has 3 rings (SSSR count). The molecule has 1 aliphatic carbocycles. The van der Waals surface area contributed by atoms with E-state index in [0.717, 1.165) is 30.0 Å². The first kappa shape index (κ1) is 15.6. The van der Waals surface area contributed by atoms with Crippen LogP contribution in [0.4, 0.5) is 18.9 Å². The monoisotopic (exact) mass is 319 g/mol. The number of rotatable bonds is 2. The number of carbonyl (C=O) groups excluding carboxylic acids is 1. The molecule has 1 aliphatic rings. The zero-order valence-corrected chi connectivity index (χ0v) is 12.6. The number of hydrogen-bond donors (Lipinski definition) is 1. The summed E-state index contributed by atoms with van der Waals surface area (Å²) in [5.74, 6) is -0.324. The summed E-state index contributed by atoms with van der Waals surface area (Å²) in [6.45, 7) is 2.11. The number of halogens is 3. The summed E-state index contributed by atoms with van der Waals surface area (Å²) in [5.41, 5.74) is 1.51. The van der Waals surface area contributed by atoms with Crippen molar-refractivity contribution in [1.29, 1.82) is 0 Å². The van der Waals surface area contributed by atoms with Crippen LogP contribution < -0.4 is 5.32 Å². The minimum Gasteiger partial charge on any atom is -0.322 e. The molecule has 5 heteroatoms. The number of amides is 1. The molecule has 0 heterocycles. The van der Waals surface area contributed by atoms with Gasteiger partial charge in [0.2, 0.25) is 0 Å². The second kappa shape index (κ2) is 5.72. The predicted molar refractivity (Wildman–Crippen MR) is 82.6 cm³/mol. The molecule has 1 amide bonds. The van der Waals surface area contributed by atoms with Crippen molar-refractivity contribution in [3.8, 4) is 0 Å². The van der Waals surface area contributed by atoms with Crippen LogP contribution in [-0.4, -0.2) is 5.91 Å². The lowest BCUT2D eigenvalue weighted by molar-refractivity contribution is -0.137. The first-order chi connectivity index (χ1) is 10.9. The summed E-state index contributed by atoms with van der Waals surface area (Å²) in [7, 11) is 0. The molecule has 120 valence electrons. The van der Waals surface area contributed by atoms with Gasteiger partial charge in [-0.2, -0.15) is 13.2 Å². The minimum atomic E-state index is -4.55. The number of hydrogen-bond acceptors (Lipinski definition) is 1. The van der Waals surface area contributed by atoms with Gasteiger partial charge in [-0.15, -0.1) is 0 Å². The van der Waals surface area contributed by atoms with Crippen molar-refractivity contribution in [2.75, 3.05) is 5.32 Å². The van der Waals surface area contributed by atoms with E-state index in [9.17, 15) is 18.0 Å². The summed E-state index contributed by atoms with van der Waals surface area (Å²) >= 11 is 0. The number of anilines is 1. The second-order valence-electron chi connectivity index (χ2n) is 5.81. The van der Waals surface area contributed by atoms with Crippen LogP contribution in [0.25, 0.3) is 0 Å². The molecular weight excluding hydrogens is 303 g/mol. The molecule has 0 saturated carbocycles. The van der Waals surface area contributed by atoms with Crippen molar-refractivity contribution in [1.82, 2.24) is 0 Å². The van der Waals surface area contributed by atoms with Crippen molar-refractivity contribution in [3.05, 3.63) is 64.7 Å². The van der Waals surface area contributed by atoms with E-state index in [1.807, 2.05) is 12.1 Å². The van der Waals surface area contributed by atoms with Gasteiger partial charge in [0.1, 0.15) is 0 Å². The fraction of sp³-hybridized carbons (Fsp3) is 0.278. The highest BCUT2D eigenvalue weighted by atomic mass is 19.4. The Kier molecular flexibility index (Phi) is 3.88. The number of benzene rings is 2. The van der Waals surface area contributed by atoms with Crippen LogP contribution in [0.5, 0.6) is 0 Å². The van der Waals surface area contributed by atoms with Gasteiger partial charge in [0.15, 0.2) is 0 Å². The number of fused-ring (bicyclic) bond motifs is 1. The lowest BCUT2D eigenvalue weighted by Crippen LogP contribution is -2.19. The van der Waals surface area contributed by atoms with Gasteiger partial charge in [-0.25, -0.2) is 0 Å². The maximum absolute atomic E-state index is 13.0. The highest BCUT2D eigenvalue weighted by Gasteiger charge is 2.35. The Labute approximate surface area is 132 Å². The van der Waals surface area contributed by atoms with Crippen LogP contribution in [0, 0.1) is 0 Å². The third-order valence-corrected chi connectivity index (χ3v) is 4.30. The molecular formula is C18H16F3NO. The van der Waals surface area contributed by atoms with Crippen molar-refractivity contribution in [2.24, 2.45) is 0 Å². The summed E-state index contributed by atoms with van der Waals surface area (Å²) < 4.78 is 39.1. The standard InChI is InChI=1S/C18H16F3NO/c1-11-9-10-13-12(11)6-4-8-16(13)22-17(23)14-5-2-3-7-15(14)18(19,20)21/h2-8,11H,9-10H2,1H3,(H,22,23). The molecule has 2 aromatic rings. The van der Waals surface area contributed by atoms with Crippen LogP contribution in [0.15, 0.2) is 42.5 Å². The number of nitrogens with one attached hydrogen (secondary N) is 1. The molecule has 1 atom stereocenters. The first-order valence-electron chi connectivity index (χ1n) is 7.47. The van der Waals surface area contributed by atoms with E-state index in [0.29, 0.717) is 11.6 Å². The average molecular weight is 319 g/mol. The van der Waals surface area contributed by atoms with Gasteiger partial charge in [0.05, 0.1) is 11.1 Å². The van der Waals surface area contributed by atoms with E-state index in [2.05, 4.69) is 12.2 Å². The molecule has 0 bridgehead atoms. The molecule has 2 nitrogen and oxygen atoms in total. The summed E-state index contributed by atoms with van der Waals surface area (Å²) in [6.07, 6.45) is -2.74. The normalized spacial score (nSPS) is 17.0. The maximum atomic E-state index is 13.0. The maximum Gasteiger partial charge on any atom is 0.417 e. The van der Waals surface area contributed by atoms with E-state index in [-0.39, 0.29) is 5.56 Å². The van der Waals surface area contributed by atoms with Crippen molar-refractivity contribution >= 4 is 11.6 Å². The van der Waals surface area contributed by atoms with Gasteiger partial charge >= 0.3 is 6.18 Å². The molecule has 0 radical (unpaired) electrons. The van der Waals surface area contributed by atoms with E-state index in [4.69, 9.17) is 0 Å². The van der Waals surface area contributed by atoms with Crippen molar-refractivity contribution in [3.63, 3.8) is 0 Å². The third kappa shape index (κ3) is 2.96. The molecule has 0 saturated heterocycles. The zero-order valence-electron chi connectivity index (χ0n) is 12.6. The van der Waals surface area contributed by atoms with E-state index in [1.165, 1.54) is 18.2 Å². The van der Waals surface area contributed by atoms with Gasteiger partial charge in [0, 0.05) is 5.69 Å². The molecule has 1 unspecified atom stereocenters. The van der Waals surface area contributed by atoms with Gasteiger partial charge in [-0.1, -0.05) is 31.2 Å². The smallest absolute Gasteiger partial charge is 0.322 e. The van der Waals surface area contributed by atoms with Gasteiger partial charge in [-0.3, -0.25) is 4.79 Å². The molecule has 0 fully saturated rings. The van der Waals surface area contributed by atoms with Crippen LogP contribution >= 0.6 is 0 Å².